The first-order valence-corrected chi connectivity index (χ1v) is 6.74. The Morgan fingerprint density at radius 3 is 2.74 bits per heavy atom. The molecule has 3 nitrogen and oxygen atoms in total. The summed E-state index contributed by atoms with van der Waals surface area (Å²) in [7, 11) is 0. The highest BCUT2D eigenvalue weighted by atomic mass is 35.5. The highest BCUT2D eigenvalue weighted by molar-refractivity contribution is 6.42. The Bertz CT molecular complexity index is 638. The Hall–Kier alpha value is -1.45. The van der Waals surface area contributed by atoms with Gasteiger partial charge in [-0.2, -0.15) is 0 Å². The number of benzene rings is 1. The summed E-state index contributed by atoms with van der Waals surface area (Å²) in [5.41, 5.74) is 1.79. The summed E-state index contributed by atoms with van der Waals surface area (Å²) in [6.45, 7) is 3.13. The van der Waals surface area contributed by atoms with Crippen molar-refractivity contribution in [3.05, 3.63) is 62.5 Å². The number of hydrogen-bond donors (Lipinski definition) is 1. The van der Waals surface area contributed by atoms with Crippen molar-refractivity contribution in [2.45, 2.75) is 20.0 Å². The SMILES string of the molecule is CCn1cc(NCc2cccc(Cl)c2Cl)ccc1=O. The molecule has 0 saturated heterocycles. The molecule has 2 rings (SSSR count). The molecule has 5 heteroatoms. The van der Waals surface area contributed by atoms with Crippen molar-refractivity contribution in [3.8, 4) is 0 Å². The maximum absolute atomic E-state index is 11.5. The standard InChI is InChI=1S/C14H14Cl2N2O/c1-2-18-9-11(6-7-13(18)19)17-8-10-4-3-5-12(15)14(10)16/h3-7,9,17H,2,8H2,1H3. The number of anilines is 1. The Labute approximate surface area is 121 Å². The van der Waals surface area contributed by atoms with Crippen molar-refractivity contribution in [1.82, 2.24) is 4.57 Å². The van der Waals surface area contributed by atoms with Gasteiger partial charge in [0.05, 0.1) is 15.7 Å². The van der Waals surface area contributed by atoms with E-state index in [1.54, 1.807) is 29.0 Å². The second-order valence-electron chi connectivity index (χ2n) is 4.11. The van der Waals surface area contributed by atoms with Crippen molar-refractivity contribution in [1.29, 1.82) is 0 Å². The van der Waals surface area contributed by atoms with Crippen LogP contribution >= 0.6 is 23.2 Å². The van der Waals surface area contributed by atoms with E-state index in [0.717, 1.165) is 11.3 Å². The molecule has 0 amide bonds. The molecular formula is C14H14Cl2N2O. The van der Waals surface area contributed by atoms with Crippen LogP contribution in [0.4, 0.5) is 5.69 Å². The van der Waals surface area contributed by atoms with Crippen LogP contribution in [0.15, 0.2) is 41.3 Å². The lowest BCUT2D eigenvalue weighted by Crippen LogP contribution is -2.17. The first-order valence-electron chi connectivity index (χ1n) is 5.99. The second kappa shape index (κ2) is 6.13. The predicted octanol–water partition coefficient (Wildman–Crippen LogP) is 3.79. The molecule has 2 aromatic rings. The Morgan fingerprint density at radius 1 is 1.21 bits per heavy atom. The molecule has 100 valence electrons. The molecule has 0 bridgehead atoms. The zero-order valence-corrected chi connectivity index (χ0v) is 12.0. The van der Waals surface area contributed by atoms with Gasteiger partial charge in [0.15, 0.2) is 0 Å². The number of pyridine rings is 1. The molecule has 1 aromatic carbocycles. The zero-order valence-electron chi connectivity index (χ0n) is 10.5. The number of hydrogen-bond acceptors (Lipinski definition) is 2. The number of nitrogens with one attached hydrogen (secondary N) is 1. The van der Waals surface area contributed by atoms with Crippen molar-refractivity contribution < 1.29 is 0 Å². The van der Waals surface area contributed by atoms with E-state index in [0.29, 0.717) is 23.1 Å². The molecule has 0 saturated carbocycles. The topological polar surface area (TPSA) is 34.0 Å². The maximum atomic E-state index is 11.5. The van der Waals surface area contributed by atoms with E-state index < -0.39 is 0 Å². The largest absolute Gasteiger partial charge is 0.380 e. The van der Waals surface area contributed by atoms with Crippen molar-refractivity contribution in [2.75, 3.05) is 5.32 Å². The number of nitrogens with zero attached hydrogens (tertiary/aromatic N) is 1. The monoisotopic (exact) mass is 296 g/mol. The first kappa shape index (κ1) is 14.0. The molecule has 19 heavy (non-hydrogen) atoms. The Morgan fingerprint density at radius 2 is 2.00 bits per heavy atom. The normalized spacial score (nSPS) is 10.5. The van der Waals surface area contributed by atoms with E-state index in [9.17, 15) is 4.79 Å². The molecule has 0 unspecified atom stereocenters. The van der Waals surface area contributed by atoms with Gasteiger partial charge in [-0.1, -0.05) is 35.3 Å². The van der Waals surface area contributed by atoms with Gasteiger partial charge in [0, 0.05) is 25.4 Å². The Kier molecular flexibility index (Phi) is 4.51. The quantitative estimate of drug-likeness (QED) is 0.931. The van der Waals surface area contributed by atoms with Crippen LogP contribution in [-0.4, -0.2) is 4.57 Å². The van der Waals surface area contributed by atoms with E-state index >= 15 is 0 Å². The number of halogens is 2. The van der Waals surface area contributed by atoms with Gasteiger partial charge in [0.1, 0.15) is 0 Å². The highest BCUT2D eigenvalue weighted by Gasteiger charge is 2.04. The molecule has 1 N–H and O–H groups in total. The van der Waals surface area contributed by atoms with Gasteiger partial charge < -0.3 is 9.88 Å². The average Bonchev–Trinajstić information content (AvgIpc) is 2.42. The summed E-state index contributed by atoms with van der Waals surface area (Å²) in [5, 5.41) is 4.33. The van der Waals surface area contributed by atoms with Gasteiger partial charge in [-0.15, -0.1) is 0 Å². The molecule has 0 aliphatic heterocycles. The molecule has 0 spiro atoms. The minimum Gasteiger partial charge on any atom is -0.380 e. The van der Waals surface area contributed by atoms with Crippen LogP contribution in [0, 0.1) is 0 Å². The summed E-state index contributed by atoms with van der Waals surface area (Å²) in [5.74, 6) is 0. The van der Waals surface area contributed by atoms with Crippen LogP contribution < -0.4 is 10.9 Å². The first-order chi connectivity index (χ1) is 9.11. The lowest BCUT2D eigenvalue weighted by Gasteiger charge is -2.10. The Balaban J connectivity index is 2.14. The second-order valence-corrected chi connectivity index (χ2v) is 4.89. The van der Waals surface area contributed by atoms with Crippen molar-refractivity contribution in [2.24, 2.45) is 0 Å². The zero-order chi connectivity index (χ0) is 13.8. The number of aromatic nitrogens is 1. The van der Waals surface area contributed by atoms with E-state index in [2.05, 4.69) is 5.32 Å². The van der Waals surface area contributed by atoms with E-state index in [1.807, 2.05) is 19.1 Å². The van der Waals surface area contributed by atoms with E-state index in [4.69, 9.17) is 23.2 Å². The van der Waals surface area contributed by atoms with Crippen molar-refractivity contribution >= 4 is 28.9 Å². The average molecular weight is 297 g/mol. The van der Waals surface area contributed by atoms with E-state index in [-0.39, 0.29) is 5.56 Å². The molecular weight excluding hydrogens is 283 g/mol. The van der Waals surface area contributed by atoms with Crippen LogP contribution in [0.3, 0.4) is 0 Å². The molecule has 1 heterocycles. The van der Waals surface area contributed by atoms with E-state index in [1.165, 1.54) is 0 Å². The van der Waals surface area contributed by atoms with Crippen LogP contribution in [-0.2, 0) is 13.1 Å². The van der Waals surface area contributed by atoms with Gasteiger partial charge in [0.2, 0.25) is 0 Å². The number of rotatable bonds is 4. The van der Waals surface area contributed by atoms with Crippen LogP contribution in [0.5, 0.6) is 0 Å². The van der Waals surface area contributed by atoms with Gasteiger partial charge in [-0.3, -0.25) is 4.79 Å². The van der Waals surface area contributed by atoms with Gasteiger partial charge in [0.25, 0.3) is 5.56 Å². The third-order valence-electron chi connectivity index (χ3n) is 2.84. The molecule has 1 aromatic heterocycles. The molecule has 0 radical (unpaired) electrons. The third kappa shape index (κ3) is 3.31. The van der Waals surface area contributed by atoms with Crippen LogP contribution in [0.1, 0.15) is 12.5 Å². The van der Waals surface area contributed by atoms with Crippen LogP contribution in [0.2, 0.25) is 10.0 Å². The lowest BCUT2D eigenvalue weighted by atomic mass is 10.2. The molecule has 0 aliphatic carbocycles. The summed E-state index contributed by atoms with van der Waals surface area (Å²) in [6.07, 6.45) is 1.79. The number of aryl methyl sites for hydroxylation is 1. The summed E-state index contributed by atoms with van der Waals surface area (Å²) in [4.78, 5) is 11.5. The highest BCUT2D eigenvalue weighted by Crippen LogP contribution is 2.25. The third-order valence-corrected chi connectivity index (χ3v) is 3.70. The van der Waals surface area contributed by atoms with Crippen LogP contribution in [0.25, 0.3) is 0 Å². The molecule has 0 aliphatic rings. The summed E-state index contributed by atoms with van der Waals surface area (Å²) >= 11 is 12.1. The summed E-state index contributed by atoms with van der Waals surface area (Å²) in [6, 6.07) is 8.83. The van der Waals surface area contributed by atoms with Crippen molar-refractivity contribution in [3.63, 3.8) is 0 Å². The summed E-state index contributed by atoms with van der Waals surface area (Å²) < 4.78 is 1.64. The van der Waals surface area contributed by atoms with Gasteiger partial charge in [-0.05, 0) is 24.6 Å². The minimum atomic E-state index is -0.00571. The maximum Gasteiger partial charge on any atom is 0.250 e. The van der Waals surface area contributed by atoms with Gasteiger partial charge >= 0.3 is 0 Å². The fourth-order valence-corrected chi connectivity index (χ4v) is 2.15. The van der Waals surface area contributed by atoms with Gasteiger partial charge in [-0.25, -0.2) is 0 Å². The fourth-order valence-electron chi connectivity index (χ4n) is 1.77. The predicted molar refractivity (Wildman–Crippen MR) is 80.2 cm³/mol. The molecule has 0 fully saturated rings. The minimum absolute atomic E-state index is 0.00571. The molecule has 0 atom stereocenters. The lowest BCUT2D eigenvalue weighted by molar-refractivity contribution is 0.727. The smallest absolute Gasteiger partial charge is 0.250 e. The fraction of sp³-hybridized carbons (Fsp3) is 0.214.